The van der Waals surface area contributed by atoms with Gasteiger partial charge in [0.1, 0.15) is 0 Å². The lowest BCUT2D eigenvalue weighted by Gasteiger charge is -2.34. The Morgan fingerprint density at radius 2 is 2.39 bits per heavy atom. The smallest absolute Gasteiger partial charge is 0.301 e. The molecule has 6 nitrogen and oxygen atoms in total. The number of rotatable bonds is 5. The van der Waals surface area contributed by atoms with Gasteiger partial charge in [-0.3, -0.25) is 10.2 Å². The molecule has 0 atom stereocenters. The minimum Gasteiger partial charge on any atom is -0.459 e. The molecule has 0 saturated heterocycles. The van der Waals surface area contributed by atoms with Crippen molar-refractivity contribution < 1.29 is 14.3 Å². The van der Waals surface area contributed by atoms with Crippen molar-refractivity contribution >= 4 is 5.91 Å². The van der Waals surface area contributed by atoms with Crippen molar-refractivity contribution in [1.29, 1.82) is 0 Å². The van der Waals surface area contributed by atoms with E-state index in [4.69, 9.17) is 10.3 Å². The molecule has 0 bridgehead atoms. The molecule has 0 aromatic carbocycles. The first-order valence-corrected chi connectivity index (χ1v) is 6.04. The molecular formula is C12H19N3O3. The lowest BCUT2D eigenvalue weighted by Crippen LogP contribution is -2.37. The highest BCUT2D eigenvalue weighted by molar-refractivity contribution is 5.92. The second-order valence-electron chi connectivity index (χ2n) is 4.94. The van der Waals surface area contributed by atoms with Crippen LogP contribution in [0.25, 0.3) is 0 Å². The molecule has 2 rings (SSSR count). The first kappa shape index (κ1) is 13.1. The topological polar surface area (TPSA) is 91.7 Å². The molecular weight excluding hydrogens is 234 g/mol. The Balaban J connectivity index is 1.88. The fourth-order valence-corrected chi connectivity index (χ4v) is 2.37. The number of carbonyl (C=O) groups is 1. The molecule has 1 heterocycles. The van der Waals surface area contributed by atoms with Crippen LogP contribution in [0.4, 0.5) is 0 Å². The lowest BCUT2D eigenvalue weighted by molar-refractivity contribution is 0.0273. The van der Waals surface area contributed by atoms with Crippen LogP contribution in [0, 0.1) is 5.92 Å². The van der Waals surface area contributed by atoms with E-state index in [0.717, 1.165) is 24.9 Å². The largest absolute Gasteiger partial charge is 0.459 e. The molecule has 6 heteroatoms. The molecule has 0 radical (unpaired) electrons. The summed E-state index contributed by atoms with van der Waals surface area (Å²) in [7, 11) is 1.99. The van der Waals surface area contributed by atoms with Crippen LogP contribution in [0.3, 0.4) is 0 Å². The maximum absolute atomic E-state index is 11.4. The first-order chi connectivity index (χ1) is 8.60. The van der Waals surface area contributed by atoms with Gasteiger partial charge in [0.2, 0.25) is 0 Å². The Morgan fingerprint density at radius 3 is 3.00 bits per heavy atom. The highest BCUT2D eigenvalue weighted by Gasteiger charge is 2.28. The number of hydrogen-bond donors (Lipinski definition) is 3. The fourth-order valence-electron chi connectivity index (χ4n) is 2.37. The van der Waals surface area contributed by atoms with E-state index in [1.54, 1.807) is 6.07 Å². The number of aliphatic hydroxyl groups excluding tert-OH is 1. The summed E-state index contributed by atoms with van der Waals surface area (Å²) in [6.07, 6.45) is 3.09. The molecule has 0 aliphatic heterocycles. The lowest BCUT2D eigenvalue weighted by atomic mass is 9.82. The van der Waals surface area contributed by atoms with Gasteiger partial charge >= 0.3 is 5.91 Å². The number of carbonyl (C=O) groups excluding carboxylic acids is 1. The predicted octanol–water partition coefficient (Wildman–Crippen LogP) is 0.0858. The van der Waals surface area contributed by atoms with Crippen LogP contribution in [0.2, 0.25) is 0 Å². The second-order valence-corrected chi connectivity index (χ2v) is 4.94. The molecule has 1 amide bonds. The number of nitrogens with one attached hydrogen (secondary N) is 1. The Kier molecular flexibility index (Phi) is 4.00. The molecule has 18 heavy (non-hydrogen) atoms. The van der Waals surface area contributed by atoms with Crippen molar-refractivity contribution in [2.24, 2.45) is 11.8 Å². The van der Waals surface area contributed by atoms with Gasteiger partial charge in [0.05, 0.1) is 12.4 Å². The minimum atomic E-state index is -0.414. The van der Waals surface area contributed by atoms with E-state index in [-0.39, 0.29) is 11.9 Å². The summed E-state index contributed by atoms with van der Waals surface area (Å²) in [6.45, 7) is 1.54. The fraction of sp³-hybridized carbons (Fsp3) is 0.583. The summed E-state index contributed by atoms with van der Waals surface area (Å²) >= 11 is 0. The zero-order valence-corrected chi connectivity index (χ0v) is 10.4. The molecule has 4 N–H and O–H groups in total. The van der Waals surface area contributed by atoms with Gasteiger partial charge in [-0.25, -0.2) is 5.84 Å². The van der Waals surface area contributed by atoms with Crippen LogP contribution in [0.5, 0.6) is 0 Å². The average molecular weight is 253 g/mol. The van der Waals surface area contributed by atoms with Crippen molar-refractivity contribution in [3.8, 4) is 0 Å². The third kappa shape index (κ3) is 2.90. The van der Waals surface area contributed by atoms with Crippen LogP contribution in [-0.4, -0.2) is 35.6 Å². The molecule has 1 aromatic rings. The molecule has 1 aliphatic carbocycles. The number of hydrazine groups is 1. The van der Waals surface area contributed by atoms with E-state index in [2.05, 4.69) is 10.3 Å². The summed E-state index contributed by atoms with van der Waals surface area (Å²) in [5.74, 6) is 5.48. The molecule has 0 spiro atoms. The van der Waals surface area contributed by atoms with Crippen LogP contribution in [0.15, 0.2) is 16.7 Å². The van der Waals surface area contributed by atoms with E-state index < -0.39 is 5.91 Å². The third-order valence-corrected chi connectivity index (χ3v) is 3.31. The van der Waals surface area contributed by atoms with Crippen LogP contribution < -0.4 is 11.3 Å². The monoisotopic (exact) mass is 253 g/mol. The molecule has 1 saturated carbocycles. The third-order valence-electron chi connectivity index (χ3n) is 3.31. The first-order valence-electron chi connectivity index (χ1n) is 6.04. The van der Waals surface area contributed by atoms with Gasteiger partial charge in [-0.05, 0) is 31.9 Å². The zero-order valence-electron chi connectivity index (χ0n) is 10.4. The van der Waals surface area contributed by atoms with E-state index >= 15 is 0 Å². The van der Waals surface area contributed by atoms with Gasteiger partial charge in [0.15, 0.2) is 5.76 Å². The van der Waals surface area contributed by atoms with Crippen molar-refractivity contribution in [2.75, 3.05) is 13.6 Å². The Morgan fingerprint density at radius 1 is 1.67 bits per heavy atom. The number of hydrogen-bond acceptors (Lipinski definition) is 5. The number of furan rings is 1. The summed E-state index contributed by atoms with van der Waals surface area (Å²) in [4.78, 5) is 13.5. The summed E-state index contributed by atoms with van der Waals surface area (Å²) in [5, 5.41) is 9.24. The highest BCUT2D eigenvalue weighted by Crippen LogP contribution is 2.28. The molecule has 100 valence electrons. The molecule has 1 fully saturated rings. The van der Waals surface area contributed by atoms with E-state index in [9.17, 15) is 9.90 Å². The van der Waals surface area contributed by atoms with Gasteiger partial charge in [0, 0.05) is 18.7 Å². The number of nitrogen functional groups attached to an aromatic ring is 1. The molecule has 0 unspecified atom stereocenters. The van der Waals surface area contributed by atoms with Gasteiger partial charge in [0.25, 0.3) is 0 Å². The Labute approximate surface area is 106 Å². The average Bonchev–Trinajstić information content (AvgIpc) is 2.74. The number of nitrogens with two attached hydrogens (primary N) is 1. The summed E-state index contributed by atoms with van der Waals surface area (Å²) in [5.41, 5.74) is 2.89. The second kappa shape index (κ2) is 5.51. The van der Waals surface area contributed by atoms with Gasteiger partial charge in [-0.1, -0.05) is 0 Å². The van der Waals surface area contributed by atoms with Crippen LogP contribution >= 0.6 is 0 Å². The highest BCUT2D eigenvalue weighted by atomic mass is 16.3. The van der Waals surface area contributed by atoms with E-state index in [1.807, 2.05) is 7.05 Å². The number of amides is 1. The van der Waals surface area contributed by atoms with E-state index in [1.165, 1.54) is 6.26 Å². The summed E-state index contributed by atoms with van der Waals surface area (Å²) < 4.78 is 5.12. The van der Waals surface area contributed by atoms with E-state index in [0.29, 0.717) is 12.5 Å². The van der Waals surface area contributed by atoms with Gasteiger partial charge in [-0.2, -0.15) is 0 Å². The van der Waals surface area contributed by atoms with Crippen LogP contribution in [-0.2, 0) is 6.54 Å². The Bertz CT molecular complexity index is 412. The van der Waals surface area contributed by atoms with Crippen molar-refractivity contribution in [1.82, 2.24) is 10.3 Å². The normalized spacial score (nSPS) is 22.9. The van der Waals surface area contributed by atoms with Crippen molar-refractivity contribution in [3.05, 3.63) is 23.7 Å². The van der Waals surface area contributed by atoms with Crippen LogP contribution in [0.1, 0.15) is 29.0 Å². The number of aliphatic hydroxyl groups is 1. The quantitative estimate of drug-likeness (QED) is 0.393. The minimum absolute atomic E-state index is 0.129. The van der Waals surface area contributed by atoms with Crippen molar-refractivity contribution in [2.45, 2.75) is 25.5 Å². The SMILES string of the molecule is CN(Cc1ccoc1C(=O)NN)CC1CC(O)C1. The molecule has 1 aliphatic rings. The van der Waals surface area contributed by atoms with Gasteiger partial charge in [-0.15, -0.1) is 0 Å². The maximum atomic E-state index is 11.4. The molecule has 1 aromatic heterocycles. The number of nitrogens with zero attached hydrogens (tertiary/aromatic N) is 1. The van der Waals surface area contributed by atoms with Crippen molar-refractivity contribution in [3.63, 3.8) is 0 Å². The standard InChI is InChI=1S/C12H19N3O3/c1-15(6-8-4-10(16)5-8)7-9-2-3-18-11(9)12(17)14-13/h2-3,8,10,16H,4-7,13H2,1H3,(H,14,17). The maximum Gasteiger partial charge on any atom is 0.301 e. The summed E-state index contributed by atoms with van der Waals surface area (Å²) in [6, 6.07) is 1.77. The predicted molar refractivity (Wildman–Crippen MR) is 65.4 cm³/mol. The zero-order chi connectivity index (χ0) is 13.1. The Hall–Kier alpha value is -1.37. The van der Waals surface area contributed by atoms with Gasteiger partial charge < -0.3 is 14.4 Å².